The molecule has 8 unspecified atom stereocenters. The topological polar surface area (TPSA) is 266 Å². The van der Waals surface area contributed by atoms with Crippen molar-refractivity contribution in [2.24, 2.45) is 71.0 Å². The normalized spacial score (nSPS) is 24.9. The number of pyridine rings is 4. The van der Waals surface area contributed by atoms with Crippen molar-refractivity contribution in [2.75, 3.05) is 21.3 Å². The number of anilines is 4. The molecule has 0 saturated heterocycles. The van der Waals surface area contributed by atoms with Crippen LogP contribution >= 0.6 is 0 Å². The zero-order valence-corrected chi connectivity index (χ0v) is 80.4. The predicted octanol–water partition coefficient (Wildman–Crippen LogP) is 27.6. The second-order valence-electron chi connectivity index (χ2n) is 43.0. The summed E-state index contributed by atoms with van der Waals surface area (Å²) in [5, 5.41) is 18.1. The van der Waals surface area contributed by atoms with E-state index in [1.54, 1.807) is 0 Å². The Kier molecular flexibility index (Phi) is 24.0. The number of fused-ring (bicyclic) bond motifs is 16. The number of hydrogen-bond acceptors (Lipinski definition) is 16. The molecular weight excluding hydrogens is 1740 g/mol. The third-order valence-electron chi connectivity index (χ3n) is 33.6. The van der Waals surface area contributed by atoms with Crippen LogP contribution in [-0.2, 0) is 5.41 Å². The summed E-state index contributed by atoms with van der Waals surface area (Å²) in [7, 11) is 0. The maximum Gasteiger partial charge on any atom is 0.164 e. The molecule has 14 saturated carbocycles. The fourth-order valence-corrected chi connectivity index (χ4v) is 25.5. The van der Waals surface area contributed by atoms with Crippen molar-refractivity contribution >= 4 is 67.4 Å². The zero-order valence-electron chi connectivity index (χ0n) is 80.4. The molecule has 24 heteroatoms. The standard InChI is InChI=1S/C30H34FN5.2C29H30FN5.C27H28FN5/c1-17-18-9-11-19(12-10-18)27(17)35-26-14-25(21-7-5-6-8-24(21)30(2,3)4)34-29(36-26)23-16-33-28-22(23)13-20(31)15-32-28;1-16-17-2-10-21(11-3-17)27(16)34-26-13-25(20-8-6-19(7-9-20)18-4-5-18)33-29(35-26)24-15-32-28-23(24)12-22(30)14-31-28;1-16-17-6-10-19(11-7-17)27(16)34-26-13-25(22-5-3-2-4-21(22)18-8-9-18)33-29(35-26)24-15-32-28-23(24)12-20(30)14-31-28;1-15-5-3-4-6-20(15)23-12-24(32-25-16(2)17-7-9-18(25)10-8-17)33-27(31-23)22-14-30-26-21(22)11-19(28)13-29-26/h5-8,13-19,27H,9-12H2,1-4H3,(H,32,33)(H,34,35,36);6-9,12-18,21,27H,2-5,10-11H2,1H3,(H,31,32)(H,33,34,35);2-5,12-19,27H,6-11H2,1H3,(H,31,32)(H,33,34,35);3-6,11-14,16-18,25H,7-10H2,1-2H3,(H,29,30)(H,31,32,33). The van der Waals surface area contributed by atoms with E-state index in [0.717, 1.165) is 120 Å². The lowest BCUT2D eigenvalue weighted by Gasteiger charge is -2.47. The molecule has 8 atom stereocenters. The molecule has 139 heavy (non-hydrogen) atoms. The summed E-state index contributed by atoms with van der Waals surface area (Å²) < 4.78 is 56.3. The molecule has 12 aromatic heterocycles. The highest BCUT2D eigenvalue weighted by Crippen LogP contribution is 2.53. The number of halogens is 4. The summed E-state index contributed by atoms with van der Waals surface area (Å²) in [5.41, 5.74) is 18.7. The molecule has 20 nitrogen and oxygen atoms in total. The number of hydrogen-bond donors (Lipinski definition) is 8. The molecule has 8 N–H and O–H groups in total. The molecule has 8 bridgehead atoms. The first-order valence-electron chi connectivity index (χ1n) is 51.1. The largest absolute Gasteiger partial charge is 0.367 e. The van der Waals surface area contributed by atoms with Crippen LogP contribution in [0.25, 0.3) is 135 Å². The van der Waals surface area contributed by atoms with Gasteiger partial charge < -0.3 is 41.2 Å². The number of nitrogens with one attached hydrogen (secondary N) is 8. The summed E-state index contributed by atoms with van der Waals surface area (Å²) >= 11 is 0. The van der Waals surface area contributed by atoms with E-state index in [0.29, 0.717) is 145 Å². The third-order valence-corrected chi connectivity index (χ3v) is 33.6. The van der Waals surface area contributed by atoms with Crippen LogP contribution in [0.5, 0.6) is 0 Å². The third kappa shape index (κ3) is 18.2. The number of rotatable bonds is 18. The van der Waals surface area contributed by atoms with Gasteiger partial charge in [-0.2, -0.15) is 0 Å². The number of benzene rings is 4. The van der Waals surface area contributed by atoms with E-state index >= 15 is 0 Å². The monoisotopic (exact) mass is 1860 g/mol. The Labute approximate surface area is 808 Å². The van der Waals surface area contributed by atoms with E-state index in [2.05, 4.69) is 226 Å². The van der Waals surface area contributed by atoms with E-state index in [1.807, 2.05) is 36.9 Å². The molecule has 12 heterocycles. The van der Waals surface area contributed by atoms with Gasteiger partial charge in [0.2, 0.25) is 0 Å². The molecule has 14 aliphatic rings. The first-order valence-corrected chi connectivity index (χ1v) is 51.1. The fraction of sp³-hybridized carbons (Fsp3) is 0.409. The van der Waals surface area contributed by atoms with E-state index in [-0.39, 0.29) is 28.7 Å². The average Bonchev–Trinajstić information content (AvgIpc) is 1.67. The summed E-state index contributed by atoms with van der Waals surface area (Å²) in [5.74, 6) is 14.0. The first kappa shape index (κ1) is 89.8. The quantitative estimate of drug-likeness (QED) is 0.0371. The van der Waals surface area contributed by atoms with Gasteiger partial charge in [0.25, 0.3) is 0 Å². The van der Waals surface area contributed by atoms with Crippen molar-refractivity contribution in [3.8, 4) is 90.6 Å². The smallest absolute Gasteiger partial charge is 0.164 e. The van der Waals surface area contributed by atoms with Gasteiger partial charge in [-0.15, -0.1) is 0 Å². The minimum atomic E-state index is -0.372. The highest BCUT2D eigenvalue weighted by molar-refractivity contribution is 5.96. The highest BCUT2D eigenvalue weighted by atomic mass is 19.1. The lowest BCUT2D eigenvalue weighted by molar-refractivity contribution is 0.0928. The van der Waals surface area contributed by atoms with Crippen LogP contribution in [0.3, 0.4) is 0 Å². The van der Waals surface area contributed by atoms with Crippen molar-refractivity contribution < 1.29 is 17.6 Å². The van der Waals surface area contributed by atoms with Crippen LogP contribution in [0.4, 0.5) is 40.8 Å². The van der Waals surface area contributed by atoms with Gasteiger partial charge in [-0.1, -0.05) is 146 Å². The second-order valence-corrected chi connectivity index (χ2v) is 43.0. The second kappa shape index (κ2) is 37.2. The average molecular weight is 1860 g/mol. The molecule has 0 amide bonds. The van der Waals surface area contributed by atoms with Crippen molar-refractivity contribution in [1.82, 2.24) is 79.7 Å². The van der Waals surface area contributed by atoms with Crippen LogP contribution in [-0.4, -0.2) is 104 Å². The molecule has 710 valence electrons. The predicted molar refractivity (Wildman–Crippen MR) is 546 cm³/mol. The Bertz CT molecular complexity index is 7210. The number of aromatic amines is 4. The molecule has 0 aliphatic heterocycles. The molecule has 30 rings (SSSR count). The Morgan fingerprint density at radius 3 is 0.928 bits per heavy atom. The van der Waals surface area contributed by atoms with Gasteiger partial charge in [-0.3, -0.25) is 0 Å². The van der Waals surface area contributed by atoms with Gasteiger partial charge in [0.1, 0.15) is 69.1 Å². The van der Waals surface area contributed by atoms with E-state index in [4.69, 9.17) is 39.9 Å². The molecule has 14 fully saturated rings. The van der Waals surface area contributed by atoms with Crippen molar-refractivity contribution in [3.05, 3.63) is 241 Å². The van der Waals surface area contributed by atoms with Gasteiger partial charge in [-0.05, 0) is 270 Å². The summed E-state index contributed by atoms with van der Waals surface area (Å²) in [4.78, 5) is 69.2. The lowest BCUT2D eigenvalue weighted by atomic mass is 9.62. The van der Waals surface area contributed by atoms with Gasteiger partial charge in [0, 0.05) is 139 Å². The molecule has 16 aromatic rings. The van der Waals surface area contributed by atoms with E-state index in [9.17, 15) is 17.6 Å². The minimum absolute atomic E-state index is 0.0415. The Balaban J connectivity index is 0.000000104. The molecule has 4 aromatic carbocycles. The van der Waals surface area contributed by atoms with Gasteiger partial charge in [-0.25, -0.2) is 77.4 Å². The SMILES string of the molecule is CC1C2CCC(CC2)C1Nc1cc(-c2ccc(C3CC3)cc2)nc(-c2c[nH]c3ncc(F)cc23)n1.CC1C2CCC(CC2)C1Nc1cc(-c2ccccc2C(C)(C)C)nc(-c2c[nH]c3ncc(F)cc23)n1.CC1C2CCC(CC2)C1Nc1cc(-c2ccccc2C2CC2)nc(-c2c[nH]c3ncc(F)cc23)n1.Cc1ccccc1-c1cc(NC2C3CCC(CC3)C2C)nc(-c2c[nH]c3ncc(F)cc23)n1. The van der Waals surface area contributed by atoms with Crippen LogP contribution in [0.15, 0.2) is 195 Å². The summed E-state index contributed by atoms with van der Waals surface area (Å²) in [6.45, 7) is 18.3. The summed E-state index contributed by atoms with van der Waals surface area (Å²) in [6.07, 6.45) is 38.5. The van der Waals surface area contributed by atoms with Crippen LogP contribution in [0.2, 0.25) is 0 Å². The van der Waals surface area contributed by atoms with Crippen LogP contribution in [0.1, 0.15) is 211 Å². The van der Waals surface area contributed by atoms with Gasteiger partial charge >= 0.3 is 0 Å². The van der Waals surface area contributed by atoms with Crippen molar-refractivity contribution in [3.63, 3.8) is 0 Å². The van der Waals surface area contributed by atoms with Crippen molar-refractivity contribution in [2.45, 2.75) is 225 Å². The molecule has 14 aliphatic carbocycles. The summed E-state index contributed by atoms with van der Waals surface area (Å²) in [6, 6.07) is 50.2. The number of aromatic nitrogens is 16. The van der Waals surface area contributed by atoms with Crippen LogP contribution < -0.4 is 21.3 Å². The Hall–Kier alpha value is -13.1. The maximum absolute atomic E-state index is 14.1. The fourth-order valence-electron chi connectivity index (χ4n) is 25.5. The minimum Gasteiger partial charge on any atom is -0.367 e. The van der Waals surface area contributed by atoms with Gasteiger partial charge in [0.05, 0.1) is 47.6 Å². The molecular formula is C115H122F4N20. The molecule has 0 radical (unpaired) electrons. The number of H-pyrrole nitrogens is 4. The highest BCUT2D eigenvalue weighted by Gasteiger charge is 2.46. The number of nitrogens with zero attached hydrogens (tertiary/aromatic N) is 12. The van der Waals surface area contributed by atoms with Crippen LogP contribution in [0, 0.1) is 101 Å². The van der Waals surface area contributed by atoms with E-state index in [1.165, 1.54) is 200 Å². The Morgan fingerprint density at radius 2 is 0.590 bits per heavy atom. The van der Waals surface area contributed by atoms with Gasteiger partial charge in [0.15, 0.2) is 23.3 Å². The first-order chi connectivity index (χ1) is 67.6. The van der Waals surface area contributed by atoms with E-state index < -0.39 is 0 Å². The zero-order chi connectivity index (χ0) is 94.6. The number of aryl methyl sites for hydroxylation is 1. The van der Waals surface area contributed by atoms with Crippen molar-refractivity contribution in [1.29, 1.82) is 0 Å². The lowest BCUT2D eigenvalue weighted by Crippen LogP contribution is -2.47. The molecule has 0 spiro atoms. The Morgan fingerprint density at radius 1 is 0.295 bits per heavy atom. The maximum atomic E-state index is 14.1.